The lowest BCUT2D eigenvalue weighted by Gasteiger charge is -2.27. The lowest BCUT2D eigenvalue weighted by molar-refractivity contribution is -0.256. The van der Waals surface area contributed by atoms with E-state index in [0.717, 1.165) is 19.3 Å². The van der Waals surface area contributed by atoms with Crippen LogP contribution >= 0.6 is 21.1 Å². The van der Waals surface area contributed by atoms with Crippen LogP contribution in [0.3, 0.4) is 0 Å². The SMILES string of the molecule is CCCCCCCCCCCCC(CCCCCCCCC)CC(S)OC(CC)OC(O)(P=O)C(=O)O. The van der Waals surface area contributed by atoms with Gasteiger partial charge in [-0.2, -0.15) is 0 Å². The van der Waals surface area contributed by atoms with Gasteiger partial charge in [0.15, 0.2) is 6.29 Å². The van der Waals surface area contributed by atoms with E-state index < -0.39 is 31.7 Å². The molecule has 0 aromatic carbocycles. The summed E-state index contributed by atoms with van der Waals surface area (Å²) in [6.07, 6.45) is 24.5. The molecule has 0 spiro atoms. The Bertz CT molecular complexity index is 552. The van der Waals surface area contributed by atoms with Crippen molar-refractivity contribution in [2.24, 2.45) is 5.92 Å². The zero-order valence-corrected chi connectivity index (χ0v) is 25.8. The summed E-state index contributed by atoms with van der Waals surface area (Å²) < 4.78 is 22.1. The van der Waals surface area contributed by atoms with Gasteiger partial charge in [-0.3, -0.25) is 4.57 Å². The van der Waals surface area contributed by atoms with Gasteiger partial charge in [-0.1, -0.05) is 143 Å². The van der Waals surface area contributed by atoms with E-state index in [2.05, 4.69) is 26.5 Å². The highest BCUT2D eigenvalue weighted by Gasteiger charge is 2.42. The first-order valence-electron chi connectivity index (χ1n) is 15.1. The van der Waals surface area contributed by atoms with E-state index >= 15 is 0 Å². The average Bonchev–Trinajstić information content (AvgIpc) is 2.88. The van der Waals surface area contributed by atoms with Gasteiger partial charge in [0, 0.05) is 0 Å². The van der Waals surface area contributed by atoms with Crippen molar-refractivity contribution in [1.82, 2.24) is 0 Å². The first-order valence-corrected chi connectivity index (χ1v) is 16.5. The van der Waals surface area contributed by atoms with Gasteiger partial charge >= 0.3 is 11.5 Å². The molecule has 6 nitrogen and oxygen atoms in total. The Morgan fingerprint density at radius 2 is 1.19 bits per heavy atom. The van der Waals surface area contributed by atoms with Gasteiger partial charge in [-0.25, -0.2) is 4.79 Å². The highest BCUT2D eigenvalue weighted by Crippen LogP contribution is 2.29. The minimum atomic E-state index is -2.80. The van der Waals surface area contributed by atoms with Crippen molar-refractivity contribution in [2.45, 2.75) is 173 Å². The molecule has 0 heterocycles. The molecule has 37 heavy (non-hydrogen) atoms. The van der Waals surface area contributed by atoms with Gasteiger partial charge in [0.1, 0.15) is 5.44 Å². The van der Waals surface area contributed by atoms with Crippen LogP contribution in [-0.4, -0.2) is 33.4 Å². The summed E-state index contributed by atoms with van der Waals surface area (Å²) in [4.78, 5) is 11.2. The predicted molar refractivity (Wildman–Crippen MR) is 156 cm³/mol. The molecule has 0 saturated heterocycles. The summed E-state index contributed by atoms with van der Waals surface area (Å²) in [7, 11) is -1.03. The number of aliphatic carboxylic acids is 1. The number of hydrogen-bond donors (Lipinski definition) is 3. The molecule has 220 valence electrons. The van der Waals surface area contributed by atoms with Gasteiger partial charge in [0.05, 0.1) is 0 Å². The van der Waals surface area contributed by atoms with Crippen LogP contribution in [-0.2, 0) is 18.8 Å². The van der Waals surface area contributed by atoms with Crippen molar-refractivity contribution >= 4 is 27.1 Å². The fourth-order valence-corrected chi connectivity index (χ4v) is 5.38. The van der Waals surface area contributed by atoms with Crippen molar-refractivity contribution in [3.63, 3.8) is 0 Å². The number of thiol groups is 1. The zero-order valence-electron chi connectivity index (χ0n) is 24.0. The van der Waals surface area contributed by atoms with Crippen LogP contribution in [0.15, 0.2) is 0 Å². The lowest BCUT2D eigenvalue weighted by Crippen LogP contribution is -2.40. The van der Waals surface area contributed by atoms with E-state index in [1.165, 1.54) is 109 Å². The number of rotatable bonds is 28. The summed E-state index contributed by atoms with van der Waals surface area (Å²) in [5.74, 6) is -1.22. The molecule has 0 rings (SSSR count). The van der Waals surface area contributed by atoms with E-state index in [4.69, 9.17) is 14.6 Å². The third kappa shape index (κ3) is 20.4. The number of aliphatic hydroxyl groups is 1. The summed E-state index contributed by atoms with van der Waals surface area (Å²) >= 11 is 4.61. The number of hydrogen-bond acceptors (Lipinski definition) is 6. The molecule has 8 heteroatoms. The molecule has 0 aliphatic heterocycles. The number of carboxylic acids is 1. The van der Waals surface area contributed by atoms with Crippen molar-refractivity contribution in [2.75, 3.05) is 0 Å². The van der Waals surface area contributed by atoms with Crippen LogP contribution < -0.4 is 0 Å². The monoisotopic (exact) mass is 564 g/mol. The molecule has 4 unspecified atom stereocenters. The largest absolute Gasteiger partial charge is 0.477 e. The molecular formula is C29H57O6PS. The maximum Gasteiger partial charge on any atom is 0.377 e. The highest BCUT2D eigenvalue weighted by molar-refractivity contribution is 7.80. The van der Waals surface area contributed by atoms with Crippen LogP contribution in [0.4, 0.5) is 0 Å². The number of carboxylic acid groups (broad SMARTS) is 1. The van der Waals surface area contributed by atoms with Gasteiger partial charge < -0.3 is 19.7 Å². The van der Waals surface area contributed by atoms with Crippen LogP contribution in [0.5, 0.6) is 0 Å². The normalized spacial score (nSPS) is 15.9. The lowest BCUT2D eigenvalue weighted by atomic mass is 9.91. The topological polar surface area (TPSA) is 93.1 Å². The van der Waals surface area contributed by atoms with Crippen molar-refractivity contribution in [3.8, 4) is 0 Å². The van der Waals surface area contributed by atoms with E-state index in [9.17, 15) is 14.5 Å². The molecule has 0 aromatic heterocycles. The van der Waals surface area contributed by atoms with Gasteiger partial charge in [0.2, 0.25) is 8.46 Å². The fourth-order valence-electron chi connectivity index (χ4n) is 4.71. The Balaban J connectivity index is 4.55. The Morgan fingerprint density at radius 3 is 1.54 bits per heavy atom. The van der Waals surface area contributed by atoms with E-state index in [-0.39, 0.29) is 0 Å². The Labute approximate surface area is 234 Å². The Kier molecular flexibility index (Phi) is 24.7. The van der Waals surface area contributed by atoms with E-state index in [1.54, 1.807) is 6.92 Å². The molecule has 0 aliphatic rings. The van der Waals surface area contributed by atoms with Gasteiger partial charge in [-0.15, -0.1) is 12.6 Å². The molecule has 0 bridgehead atoms. The minimum absolute atomic E-state index is 0.309. The first kappa shape index (κ1) is 36.8. The summed E-state index contributed by atoms with van der Waals surface area (Å²) in [6.45, 7) is 6.26. The standard InChI is InChI=1S/C29H57O6PS/c1-4-7-9-11-13-14-15-17-19-21-23-25(22-20-18-16-12-10-8-5-2)24-27(37)34-26(6-3)35-29(32,36-33)28(30)31/h25-27,32,37H,4-24H2,1-3H3,(H,30,31). The first-order chi connectivity index (χ1) is 17.8. The second-order valence-corrected chi connectivity index (χ2v) is 11.9. The number of carbonyl (C=O) groups is 1. The fraction of sp³-hybridized carbons (Fsp3) is 0.966. The molecule has 0 aromatic rings. The third-order valence-corrected chi connectivity index (χ3v) is 7.93. The summed E-state index contributed by atoms with van der Waals surface area (Å²) in [5.41, 5.74) is -3.24. The highest BCUT2D eigenvalue weighted by atomic mass is 32.1. The molecule has 0 fully saturated rings. The van der Waals surface area contributed by atoms with Crippen LogP contribution in [0.25, 0.3) is 0 Å². The molecule has 4 atom stereocenters. The number of ether oxygens (including phenoxy) is 2. The summed E-state index contributed by atoms with van der Waals surface area (Å²) in [5, 5.41) is 19.0. The second kappa shape index (κ2) is 24.8. The average molecular weight is 565 g/mol. The van der Waals surface area contributed by atoms with E-state index in [1.807, 2.05) is 0 Å². The van der Waals surface area contributed by atoms with E-state index in [0.29, 0.717) is 12.3 Å². The molecule has 0 radical (unpaired) electrons. The molecule has 0 saturated carbocycles. The summed E-state index contributed by atoms with van der Waals surface area (Å²) in [6, 6.07) is 0. The van der Waals surface area contributed by atoms with Crippen molar-refractivity contribution in [3.05, 3.63) is 0 Å². The number of unbranched alkanes of at least 4 members (excludes halogenated alkanes) is 15. The second-order valence-electron chi connectivity index (χ2n) is 10.5. The predicted octanol–water partition coefficient (Wildman–Crippen LogP) is 9.49. The maximum absolute atomic E-state index is 11.2. The smallest absolute Gasteiger partial charge is 0.377 e. The van der Waals surface area contributed by atoms with Gasteiger partial charge in [-0.05, 0) is 18.8 Å². The maximum atomic E-state index is 11.2. The van der Waals surface area contributed by atoms with Crippen molar-refractivity contribution in [1.29, 1.82) is 0 Å². The molecule has 2 N–H and O–H groups in total. The Morgan fingerprint density at radius 1 is 0.784 bits per heavy atom. The Hall–Kier alpha value is -0.200. The molecule has 0 amide bonds. The van der Waals surface area contributed by atoms with Crippen LogP contribution in [0, 0.1) is 5.92 Å². The van der Waals surface area contributed by atoms with Gasteiger partial charge in [0.25, 0.3) is 0 Å². The zero-order chi connectivity index (χ0) is 27.8. The molecular weight excluding hydrogens is 507 g/mol. The van der Waals surface area contributed by atoms with Crippen LogP contribution in [0.1, 0.15) is 156 Å². The molecule has 0 aliphatic carbocycles. The van der Waals surface area contributed by atoms with Crippen molar-refractivity contribution < 1.29 is 29.0 Å². The minimum Gasteiger partial charge on any atom is -0.477 e. The quantitative estimate of drug-likeness (QED) is 0.0379. The van der Waals surface area contributed by atoms with Crippen LogP contribution in [0.2, 0.25) is 0 Å². The third-order valence-electron chi connectivity index (χ3n) is 7.06.